The van der Waals surface area contributed by atoms with Gasteiger partial charge in [0, 0.05) is 19.3 Å². The van der Waals surface area contributed by atoms with E-state index >= 15 is 0 Å². The number of aliphatic hydroxyl groups is 1. The van der Waals surface area contributed by atoms with Crippen LogP contribution >= 0.6 is 0 Å². The van der Waals surface area contributed by atoms with E-state index in [4.69, 9.17) is 0 Å². The predicted molar refractivity (Wildman–Crippen MR) is 87.8 cm³/mol. The Labute approximate surface area is 126 Å². The molecule has 1 fully saturated rings. The molecule has 1 saturated carbocycles. The van der Waals surface area contributed by atoms with E-state index in [-0.39, 0.29) is 0 Å². The first kappa shape index (κ1) is 15.5. The molecule has 110 valence electrons. The topological polar surface area (TPSA) is 37.3 Å². The van der Waals surface area contributed by atoms with E-state index in [1.54, 1.807) is 12.2 Å². The number of benzene rings is 1. The van der Waals surface area contributed by atoms with Gasteiger partial charge in [0.2, 0.25) is 0 Å². The normalized spacial score (nSPS) is 19.9. The van der Waals surface area contributed by atoms with Crippen LogP contribution in [0.3, 0.4) is 0 Å². The molecule has 2 heteroatoms. The third kappa shape index (κ3) is 4.27. The van der Waals surface area contributed by atoms with Crippen LogP contribution in [0, 0.1) is 5.92 Å². The molecule has 2 rings (SSSR count). The molecular weight excluding hydrogens is 260 g/mol. The first-order valence-corrected chi connectivity index (χ1v) is 7.38. The van der Waals surface area contributed by atoms with E-state index in [0.717, 1.165) is 23.1 Å². The Morgan fingerprint density at radius 3 is 2.67 bits per heavy atom. The van der Waals surface area contributed by atoms with Gasteiger partial charge in [0.1, 0.15) is 5.78 Å². The van der Waals surface area contributed by atoms with Gasteiger partial charge in [0.25, 0.3) is 0 Å². The molecule has 0 heterocycles. The SMILES string of the molecule is C=Cc1ccc(CC(O)/C=C/[C@H]2CCC(=O)C2)cc1C=C. The van der Waals surface area contributed by atoms with Crippen LogP contribution in [0.5, 0.6) is 0 Å². The number of allylic oxidation sites excluding steroid dienone is 1. The minimum atomic E-state index is -0.520. The van der Waals surface area contributed by atoms with Gasteiger partial charge in [-0.2, -0.15) is 0 Å². The highest BCUT2D eigenvalue weighted by molar-refractivity contribution is 5.80. The van der Waals surface area contributed by atoms with Gasteiger partial charge in [-0.1, -0.05) is 55.7 Å². The van der Waals surface area contributed by atoms with Crippen LogP contribution in [0.1, 0.15) is 36.0 Å². The molecular formula is C19H22O2. The van der Waals surface area contributed by atoms with Crippen molar-refractivity contribution in [1.82, 2.24) is 0 Å². The molecule has 0 bridgehead atoms. The Bertz CT molecular complexity index is 569. The number of carbonyl (C=O) groups excluding carboxylic acids is 1. The second kappa shape index (κ2) is 7.19. The van der Waals surface area contributed by atoms with Crippen molar-refractivity contribution in [2.24, 2.45) is 5.92 Å². The molecule has 21 heavy (non-hydrogen) atoms. The van der Waals surface area contributed by atoms with Gasteiger partial charge in [-0.15, -0.1) is 0 Å². The largest absolute Gasteiger partial charge is 0.389 e. The summed E-state index contributed by atoms with van der Waals surface area (Å²) in [6.45, 7) is 7.57. The third-order valence-electron chi connectivity index (χ3n) is 3.93. The molecule has 1 N–H and O–H groups in total. The summed E-state index contributed by atoms with van der Waals surface area (Å²) in [7, 11) is 0. The monoisotopic (exact) mass is 282 g/mol. The van der Waals surface area contributed by atoms with Gasteiger partial charge < -0.3 is 5.11 Å². The zero-order valence-corrected chi connectivity index (χ0v) is 12.3. The van der Waals surface area contributed by atoms with Crippen molar-refractivity contribution in [3.63, 3.8) is 0 Å². The van der Waals surface area contributed by atoms with Crippen molar-refractivity contribution in [2.75, 3.05) is 0 Å². The summed E-state index contributed by atoms with van der Waals surface area (Å²) in [5, 5.41) is 10.1. The predicted octanol–water partition coefficient (Wildman–Crippen LogP) is 3.80. The van der Waals surface area contributed by atoms with E-state index in [2.05, 4.69) is 13.2 Å². The van der Waals surface area contributed by atoms with Crippen LogP contribution < -0.4 is 0 Å². The maximum Gasteiger partial charge on any atom is 0.133 e. The zero-order valence-electron chi connectivity index (χ0n) is 12.3. The van der Waals surface area contributed by atoms with Crippen LogP contribution in [0.4, 0.5) is 0 Å². The summed E-state index contributed by atoms with van der Waals surface area (Å²) < 4.78 is 0. The fraction of sp³-hybridized carbons (Fsp3) is 0.316. The van der Waals surface area contributed by atoms with Crippen LogP contribution in [0.2, 0.25) is 0 Å². The number of hydrogen-bond acceptors (Lipinski definition) is 2. The number of hydrogen-bond donors (Lipinski definition) is 1. The lowest BCUT2D eigenvalue weighted by atomic mass is 9.99. The highest BCUT2D eigenvalue weighted by atomic mass is 16.3. The van der Waals surface area contributed by atoms with Gasteiger partial charge in [-0.3, -0.25) is 4.79 Å². The number of ketones is 1. The highest BCUT2D eigenvalue weighted by Crippen LogP contribution is 2.23. The molecule has 0 spiro atoms. The Morgan fingerprint density at radius 2 is 2.05 bits per heavy atom. The van der Waals surface area contributed by atoms with E-state index in [1.165, 1.54) is 0 Å². The van der Waals surface area contributed by atoms with Gasteiger partial charge >= 0.3 is 0 Å². The molecule has 0 radical (unpaired) electrons. The Hall–Kier alpha value is -1.93. The minimum Gasteiger partial charge on any atom is -0.389 e. The fourth-order valence-corrected chi connectivity index (χ4v) is 2.72. The van der Waals surface area contributed by atoms with E-state index in [9.17, 15) is 9.90 Å². The summed E-state index contributed by atoms with van der Waals surface area (Å²) >= 11 is 0. The maximum absolute atomic E-state index is 11.2. The van der Waals surface area contributed by atoms with E-state index in [1.807, 2.05) is 30.4 Å². The first-order chi connectivity index (χ1) is 10.1. The second-order valence-electron chi connectivity index (χ2n) is 5.57. The molecule has 0 saturated heterocycles. The average molecular weight is 282 g/mol. The van der Waals surface area contributed by atoms with Crippen LogP contribution in [-0.4, -0.2) is 17.0 Å². The quantitative estimate of drug-likeness (QED) is 0.806. The number of carbonyl (C=O) groups is 1. The third-order valence-corrected chi connectivity index (χ3v) is 3.93. The van der Waals surface area contributed by atoms with Gasteiger partial charge in [-0.25, -0.2) is 0 Å². The fourth-order valence-electron chi connectivity index (χ4n) is 2.72. The van der Waals surface area contributed by atoms with Gasteiger partial charge in [-0.05, 0) is 29.0 Å². The van der Waals surface area contributed by atoms with Gasteiger partial charge in [0.15, 0.2) is 0 Å². The lowest BCUT2D eigenvalue weighted by molar-refractivity contribution is -0.117. The average Bonchev–Trinajstić information content (AvgIpc) is 2.90. The molecule has 0 amide bonds. The number of Topliss-reactive ketones (excluding diaryl/α,β-unsaturated/α-hetero) is 1. The molecule has 2 nitrogen and oxygen atoms in total. The summed E-state index contributed by atoms with van der Waals surface area (Å²) in [6.07, 6.45) is 9.66. The van der Waals surface area contributed by atoms with Crippen molar-refractivity contribution in [2.45, 2.75) is 31.8 Å². The van der Waals surface area contributed by atoms with Gasteiger partial charge in [0.05, 0.1) is 6.10 Å². The zero-order chi connectivity index (χ0) is 15.2. The molecule has 1 aliphatic carbocycles. The number of aliphatic hydroxyl groups excluding tert-OH is 1. The second-order valence-corrected chi connectivity index (χ2v) is 5.57. The summed E-state index contributed by atoms with van der Waals surface area (Å²) in [6, 6.07) is 6.02. The Balaban J connectivity index is 1.97. The number of rotatable bonds is 6. The van der Waals surface area contributed by atoms with E-state index in [0.29, 0.717) is 31.0 Å². The molecule has 1 aliphatic rings. The lowest BCUT2D eigenvalue weighted by Crippen LogP contribution is -2.07. The summed E-state index contributed by atoms with van der Waals surface area (Å²) in [5.41, 5.74) is 3.14. The van der Waals surface area contributed by atoms with Crippen molar-refractivity contribution < 1.29 is 9.90 Å². The first-order valence-electron chi connectivity index (χ1n) is 7.38. The van der Waals surface area contributed by atoms with Crippen LogP contribution in [0.15, 0.2) is 43.5 Å². The van der Waals surface area contributed by atoms with Crippen molar-refractivity contribution in [3.8, 4) is 0 Å². The molecule has 0 aliphatic heterocycles. The van der Waals surface area contributed by atoms with Crippen molar-refractivity contribution >= 4 is 17.9 Å². The Kier molecular flexibility index (Phi) is 5.29. The van der Waals surface area contributed by atoms with Crippen molar-refractivity contribution in [3.05, 3.63) is 60.2 Å². The molecule has 0 aromatic heterocycles. The molecule has 1 aromatic carbocycles. The molecule has 2 atom stereocenters. The maximum atomic E-state index is 11.2. The summed E-state index contributed by atoms with van der Waals surface area (Å²) in [5.74, 6) is 0.633. The summed E-state index contributed by atoms with van der Waals surface area (Å²) in [4.78, 5) is 11.2. The van der Waals surface area contributed by atoms with Crippen molar-refractivity contribution in [1.29, 1.82) is 0 Å². The van der Waals surface area contributed by atoms with Crippen LogP contribution in [0.25, 0.3) is 12.2 Å². The lowest BCUT2D eigenvalue weighted by Gasteiger charge is -2.09. The molecule has 1 aromatic rings. The van der Waals surface area contributed by atoms with E-state index < -0.39 is 6.10 Å². The Morgan fingerprint density at radius 1 is 1.29 bits per heavy atom. The molecule has 1 unspecified atom stereocenters. The smallest absolute Gasteiger partial charge is 0.133 e. The highest BCUT2D eigenvalue weighted by Gasteiger charge is 2.19. The van der Waals surface area contributed by atoms with Crippen LogP contribution in [-0.2, 0) is 11.2 Å². The standard InChI is InChI=1S/C19H22O2/c1-3-16-8-5-15(11-17(16)4-2)13-19(21)10-7-14-6-9-18(20)12-14/h3-5,7-8,10-11,14,19,21H,1-2,6,9,12-13H2/b10-7+/t14-,19?/m1/s1. The minimum absolute atomic E-state index is 0.305.